The van der Waals surface area contributed by atoms with Gasteiger partial charge in [-0.05, 0) is 31.4 Å². The number of rotatable bonds is 6. The van der Waals surface area contributed by atoms with Crippen molar-refractivity contribution in [3.05, 3.63) is 0 Å². The lowest BCUT2D eigenvalue weighted by molar-refractivity contribution is -0.121. The van der Waals surface area contributed by atoms with E-state index in [4.69, 9.17) is 0 Å². The lowest BCUT2D eigenvalue weighted by atomic mass is 10.2. The normalized spacial score (nSPS) is 25.4. The van der Waals surface area contributed by atoms with E-state index in [1.807, 2.05) is 0 Å². The maximum absolute atomic E-state index is 11.4. The second kappa shape index (κ2) is 6.50. The molecular weight excluding hydrogens is 220 g/mol. The molecule has 2 fully saturated rings. The number of nitrogens with one attached hydrogen (secondary N) is 2. The van der Waals surface area contributed by atoms with Gasteiger partial charge >= 0.3 is 0 Å². The Bertz CT molecular complexity index is 225. The van der Waals surface area contributed by atoms with Crippen molar-refractivity contribution in [3.8, 4) is 0 Å². The molecule has 1 atom stereocenters. The molecule has 1 aliphatic heterocycles. The molecule has 3 nitrogen and oxygen atoms in total. The van der Waals surface area contributed by atoms with Crippen LogP contribution in [0.15, 0.2) is 0 Å². The van der Waals surface area contributed by atoms with Crippen LogP contribution in [0.1, 0.15) is 38.5 Å². The molecular formula is C12H22N2OS. The van der Waals surface area contributed by atoms with Gasteiger partial charge in [-0.15, -0.1) is 0 Å². The van der Waals surface area contributed by atoms with Crippen LogP contribution in [-0.2, 0) is 4.79 Å². The van der Waals surface area contributed by atoms with E-state index in [0.29, 0.717) is 12.5 Å². The predicted molar refractivity (Wildman–Crippen MR) is 68.7 cm³/mol. The molecule has 2 N–H and O–H groups in total. The molecule has 1 saturated heterocycles. The highest BCUT2D eigenvalue weighted by Crippen LogP contribution is 2.24. The van der Waals surface area contributed by atoms with Crippen LogP contribution < -0.4 is 10.6 Å². The molecule has 1 heterocycles. The highest BCUT2D eigenvalue weighted by atomic mass is 32.2. The minimum atomic E-state index is 0.214. The van der Waals surface area contributed by atoms with Crippen molar-refractivity contribution in [2.24, 2.45) is 0 Å². The molecule has 0 aromatic heterocycles. The molecule has 16 heavy (non-hydrogen) atoms. The van der Waals surface area contributed by atoms with Crippen molar-refractivity contribution in [2.75, 3.05) is 18.8 Å². The smallest absolute Gasteiger partial charge is 0.221 e. The van der Waals surface area contributed by atoms with Crippen LogP contribution in [-0.4, -0.2) is 36.0 Å². The Morgan fingerprint density at radius 3 is 2.81 bits per heavy atom. The zero-order chi connectivity index (χ0) is 11.2. The summed E-state index contributed by atoms with van der Waals surface area (Å²) in [5, 5.41) is 7.18. The molecule has 1 amide bonds. The summed E-state index contributed by atoms with van der Waals surface area (Å²) < 4.78 is 0. The molecule has 0 spiro atoms. The van der Waals surface area contributed by atoms with Crippen molar-refractivity contribution >= 4 is 17.7 Å². The van der Waals surface area contributed by atoms with Crippen LogP contribution in [0.5, 0.6) is 0 Å². The van der Waals surface area contributed by atoms with Crippen molar-refractivity contribution in [3.63, 3.8) is 0 Å². The Labute approximate surface area is 102 Å². The monoisotopic (exact) mass is 242 g/mol. The van der Waals surface area contributed by atoms with Crippen LogP contribution in [0.25, 0.3) is 0 Å². The van der Waals surface area contributed by atoms with Crippen LogP contribution in [0.3, 0.4) is 0 Å². The topological polar surface area (TPSA) is 41.1 Å². The number of thioether (sulfide) groups is 1. The summed E-state index contributed by atoms with van der Waals surface area (Å²) in [6, 6.07) is 0.501. The van der Waals surface area contributed by atoms with E-state index in [0.717, 1.165) is 18.3 Å². The minimum Gasteiger partial charge on any atom is -0.353 e. The molecule has 92 valence electrons. The van der Waals surface area contributed by atoms with Crippen molar-refractivity contribution < 1.29 is 4.79 Å². The highest BCUT2D eigenvalue weighted by molar-refractivity contribution is 7.99. The number of carbonyl (C=O) groups is 1. The zero-order valence-electron chi connectivity index (χ0n) is 9.84. The summed E-state index contributed by atoms with van der Waals surface area (Å²) in [7, 11) is 0. The summed E-state index contributed by atoms with van der Waals surface area (Å²) in [5.74, 6) is 1.53. The second-order valence-corrected chi connectivity index (χ2v) is 6.19. The van der Waals surface area contributed by atoms with Gasteiger partial charge in [0.1, 0.15) is 0 Å². The molecule has 1 unspecified atom stereocenters. The lowest BCUT2D eigenvalue weighted by Gasteiger charge is -2.21. The van der Waals surface area contributed by atoms with Gasteiger partial charge < -0.3 is 10.6 Å². The Balaban J connectivity index is 1.45. The minimum absolute atomic E-state index is 0.214. The third-order valence-corrected chi connectivity index (χ3v) is 4.52. The maximum Gasteiger partial charge on any atom is 0.221 e. The molecule has 0 aromatic carbocycles. The van der Waals surface area contributed by atoms with Crippen LogP contribution >= 0.6 is 11.8 Å². The van der Waals surface area contributed by atoms with Crippen LogP contribution in [0.2, 0.25) is 0 Å². The third-order valence-electron chi connectivity index (χ3n) is 3.12. The Morgan fingerprint density at radius 1 is 1.25 bits per heavy atom. The summed E-state index contributed by atoms with van der Waals surface area (Å²) in [5.41, 5.74) is 0. The van der Waals surface area contributed by atoms with E-state index in [9.17, 15) is 4.79 Å². The Morgan fingerprint density at radius 2 is 2.12 bits per heavy atom. The number of hydrogen-bond donors (Lipinski definition) is 2. The Kier molecular flexibility index (Phi) is 4.97. The largest absolute Gasteiger partial charge is 0.353 e. The van der Waals surface area contributed by atoms with Gasteiger partial charge in [-0.2, -0.15) is 11.8 Å². The van der Waals surface area contributed by atoms with Crippen LogP contribution in [0.4, 0.5) is 0 Å². The highest BCUT2D eigenvalue weighted by Gasteiger charge is 2.22. The maximum atomic E-state index is 11.4. The van der Waals surface area contributed by atoms with Gasteiger partial charge in [-0.1, -0.05) is 6.42 Å². The van der Waals surface area contributed by atoms with E-state index in [1.165, 1.54) is 37.9 Å². The molecule has 0 bridgehead atoms. The molecule has 0 aromatic rings. The fraction of sp³-hybridized carbons (Fsp3) is 0.917. The van der Waals surface area contributed by atoms with E-state index < -0.39 is 0 Å². The van der Waals surface area contributed by atoms with Gasteiger partial charge in [0.2, 0.25) is 5.91 Å². The quantitative estimate of drug-likeness (QED) is 0.694. The Hall–Kier alpha value is -0.220. The molecule has 2 aliphatic rings. The average Bonchev–Trinajstić information content (AvgIpc) is 3.10. The van der Waals surface area contributed by atoms with E-state index in [-0.39, 0.29) is 5.91 Å². The number of hydrogen-bond acceptors (Lipinski definition) is 3. The average molecular weight is 242 g/mol. The second-order valence-electron chi connectivity index (χ2n) is 4.78. The van der Waals surface area contributed by atoms with Crippen LogP contribution in [0, 0.1) is 0 Å². The van der Waals surface area contributed by atoms with Gasteiger partial charge in [-0.3, -0.25) is 4.79 Å². The van der Waals surface area contributed by atoms with Gasteiger partial charge in [0.05, 0.1) is 0 Å². The first kappa shape index (κ1) is 12.2. The van der Waals surface area contributed by atoms with Gasteiger partial charge in [0.25, 0.3) is 0 Å². The molecule has 0 radical (unpaired) electrons. The summed E-state index contributed by atoms with van der Waals surface area (Å²) >= 11 is 2.08. The van der Waals surface area contributed by atoms with Gasteiger partial charge in [-0.25, -0.2) is 0 Å². The van der Waals surface area contributed by atoms with Gasteiger partial charge in [0.15, 0.2) is 0 Å². The third kappa shape index (κ3) is 4.74. The van der Waals surface area contributed by atoms with Crippen molar-refractivity contribution in [2.45, 2.75) is 49.8 Å². The molecule has 1 saturated carbocycles. The first-order chi connectivity index (χ1) is 7.84. The van der Waals surface area contributed by atoms with E-state index >= 15 is 0 Å². The first-order valence-corrected chi connectivity index (χ1v) is 7.51. The summed E-state index contributed by atoms with van der Waals surface area (Å²) in [6.45, 7) is 1.90. The zero-order valence-corrected chi connectivity index (χ0v) is 10.7. The predicted octanol–water partition coefficient (Wildman–Crippen LogP) is 1.53. The fourth-order valence-electron chi connectivity index (χ4n) is 1.96. The summed E-state index contributed by atoms with van der Waals surface area (Å²) in [6.07, 6.45) is 7.09. The first-order valence-electron chi connectivity index (χ1n) is 6.46. The van der Waals surface area contributed by atoms with E-state index in [1.54, 1.807) is 0 Å². The number of amides is 1. The fourth-order valence-corrected chi connectivity index (χ4v) is 3.23. The molecule has 2 rings (SSSR count). The number of carbonyl (C=O) groups excluding carboxylic acids is 1. The SMILES string of the molecule is O=C(CCNCC1CCCCS1)NC1CC1. The van der Waals surface area contributed by atoms with Crippen molar-refractivity contribution in [1.82, 2.24) is 10.6 Å². The molecule has 4 heteroatoms. The lowest BCUT2D eigenvalue weighted by Crippen LogP contribution is -2.32. The summed E-state index contributed by atoms with van der Waals surface area (Å²) in [4.78, 5) is 11.4. The van der Waals surface area contributed by atoms with Gasteiger partial charge in [0, 0.05) is 30.8 Å². The molecule has 1 aliphatic carbocycles. The standard InChI is InChI=1S/C12H22N2OS/c15-12(14-10-4-5-10)6-7-13-9-11-3-1-2-8-16-11/h10-11,13H,1-9H2,(H,14,15). The van der Waals surface area contributed by atoms with E-state index in [2.05, 4.69) is 22.4 Å². The van der Waals surface area contributed by atoms with Crippen molar-refractivity contribution in [1.29, 1.82) is 0 Å².